The molecule has 8 nitrogen and oxygen atoms in total. The van der Waals surface area contributed by atoms with Crippen molar-refractivity contribution in [3.63, 3.8) is 0 Å². The topological polar surface area (TPSA) is 114 Å². The number of hydrogen-bond donors (Lipinski definition) is 3. The van der Waals surface area contributed by atoms with E-state index in [1.807, 2.05) is 13.8 Å². The lowest BCUT2D eigenvalue weighted by Gasteiger charge is -2.29. The summed E-state index contributed by atoms with van der Waals surface area (Å²) in [5, 5.41) is 8.12. The average molecular weight is 438 g/mol. The highest BCUT2D eigenvalue weighted by molar-refractivity contribution is 5.88. The first-order valence-electron chi connectivity index (χ1n) is 11.8. The quantitative estimate of drug-likeness (QED) is 0.430. The SMILES string of the molecule is CCCC1CCC(OC(=O)N[C@@H](CC(C)C)C(=O)N[C@H](C=O)C[C@@H]2CCNC2=O)CC1. The number of ether oxygens (including phenoxy) is 1. The number of nitrogens with one attached hydrogen (secondary N) is 3. The summed E-state index contributed by atoms with van der Waals surface area (Å²) in [4.78, 5) is 48.5. The van der Waals surface area contributed by atoms with Gasteiger partial charge in [0.15, 0.2) is 0 Å². The molecule has 0 bridgehead atoms. The highest BCUT2D eigenvalue weighted by atomic mass is 16.6. The second-order valence-corrected chi connectivity index (χ2v) is 9.43. The Balaban J connectivity index is 1.86. The van der Waals surface area contributed by atoms with E-state index in [2.05, 4.69) is 22.9 Å². The largest absolute Gasteiger partial charge is 0.446 e. The zero-order valence-corrected chi connectivity index (χ0v) is 19.2. The van der Waals surface area contributed by atoms with Crippen LogP contribution >= 0.6 is 0 Å². The standard InChI is InChI=1S/C23H39N3O5/c1-4-5-16-6-8-19(9-7-16)31-23(30)26-20(12-15(2)3)22(29)25-18(14-27)13-17-10-11-24-21(17)28/h14-20H,4-13H2,1-3H3,(H,24,28)(H,25,29)(H,26,30)/t16?,17-,18-,19?,20-/m0/s1. The summed E-state index contributed by atoms with van der Waals surface area (Å²) in [5.41, 5.74) is 0. The first-order chi connectivity index (χ1) is 14.8. The molecule has 8 heteroatoms. The van der Waals surface area contributed by atoms with Gasteiger partial charge in [-0.05, 0) is 56.8 Å². The van der Waals surface area contributed by atoms with Gasteiger partial charge in [0, 0.05) is 12.5 Å². The molecule has 0 aromatic carbocycles. The first-order valence-corrected chi connectivity index (χ1v) is 11.8. The molecular weight excluding hydrogens is 398 g/mol. The molecule has 2 rings (SSSR count). The number of carbonyl (C=O) groups excluding carboxylic acids is 4. The zero-order valence-electron chi connectivity index (χ0n) is 19.2. The van der Waals surface area contributed by atoms with Gasteiger partial charge in [0.1, 0.15) is 18.4 Å². The first kappa shape index (κ1) is 25.1. The van der Waals surface area contributed by atoms with Crippen molar-refractivity contribution in [2.45, 2.75) is 96.7 Å². The van der Waals surface area contributed by atoms with Gasteiger partial charge in [0.2, 0.25) is 11.8 Å². The fourth-order valence-electron chi connectivity index (χ4n) is 4.59. The van der Waals surface area contributed by atoms with E-state index in [9.17, 15) is 19.2 Å². The van der Waals surface area contributed by atoms with Gasteiger partial charge in [-0.15, -0.1) is 0 Å². The van der Waals surface area contributed by atoms with Crippen LogP contribution in [0, 0.1) is 17.8 Å². The van der Waals surface area contributed by atoms with Crippen molar-refractivity contribution in [1.29, 1.82) is 0 Å². The van der Waals surface area contributed by atoms with E-state index in [0.717, 1.165) is 31.6 Å². The van der Waals surface area contributed by atoms with E-state index in [4.69, 9.17) is 4.74 Å². The molecule has 31 heavy (non-hydrogen) atoms. The summed E-state index contributed by atoms with van der Waals surface area (Å²) in [6.07, 6.45) is 7.55. The van der Waals surface area contributed by atoms with Gasteiger partial charge in [-0.25, -0.2) is 4.79 Å². The number of aldehydes is 1. The van der Waals surface area contributed by atoms with Crippen LogP contribution in [-0.4, -0.2) is 48.9 Å². The number of rotatable bonds is 11. The summed E-state index contributed by atoms with van der Waals surface area (Å²) in [5.74, 6) is 0.0910. The van der Waals surface area contributed by atoms with Gasteiger partial charge < -0.3 is 25.5 Å². The van der Waals surface area contributed by atoms with E-state index in [1.54, 1.807) is 0 Å². The minimum Gasteiger partial charge on any atom is -0.446 e. The smallest absolute Gasteiger partial charge is 0.408 e. The van der Waals surface area contributed by atoms with Gasteiger partial charge in [-0.3, -0.25) is 9.59 Å². The molecule has 0 spiro atoms. The normalized spacial score (nSPS) is 25.4. The summed E-state index contributed by atoms with van der Waals surface area (Å²) in [6, 6.07) is -1.55. The lowest BCUT2D eigenvalue weighted by atomic mass is 9.85. The van der Waals surface area contributed by atoms with E-state index in [-0.39, 0.29) is 30.3 Å². The summed E-state index contributed by atoms with van der Waals surface area (Å²) < 4.78 is 5.58. The van der Waals surface area contributed by atoms with Crippen molar-refractivity contribution in [2.75, 3.05) is 6.54 Å². The van der Waals surface area contributed by atoms with E-state index in [1.165, 1.54) is 12.8 Å². The van der Waals surface area contributed by atoms with Crippen molar-refractivity contribution >= 4 is 24.2 Å². The molecule has 1 saturated carbocycles. The number of carbonyl (C=O) groups is 4. The summed E-state index contributed by atoms with van der Waals surface area (Å²) in [6.45, 7) is 6.70. The second-order valence-electron chi connectivity index (χ2n) is 9.43. The molecular formula is C23H39N3O5. The van der Waals surface area contributed by atoms with Gasteiger partial charge >= 0.3 is 6.09 Å². The highest BCUT2D eigenvalue weighted by Crippen LogP contribution is 2.29. The van der Waals surface area contributed by atoms with Crippen molar-refractivity contribution in [1.82, 2.24) is 16.0 Å². The molecule has 3 N–H and O–H groups in total. The van der Waals surface area contributed by atoms with Gasteiger partial charge in [0.25, 0.3) is 0 Å². The van der Waals surface area contributed by atoms with Crippen molar-refractivity contribution < 1.29 is 23.9 Å². The van der Waals surface area contributed by atoms with Crippen LogP contribution in [0.5, 0.6) is 0 Å². The number of alkyl carbamates (subject to hydrolysis) is 1. The maximum atomic E-state index is 12.8. The lowest BCUT2D eigenvalue weighted by Crippen LogP contribution is -2.51. The molecule has 3 atom stereocenters. The maximum absolute atomic E-state index is 12.8. The Bertz CT molecular complexity index is 616. The van der Waals surface area contributed by atoms with Crippen LogP contribution in [0.2, 0.25) is 0 Å². The molecule has 1 aliphatic heterocycles. The maximum Gasteiger partial charge on any atom is 0.408 e. The van der Waals surface area contributed by atoms with Crippen LogP contribution in [0.4, 0.5) is 4.79 Å². The van der Waals surface area contributed by atoms with Crippen molar-refractivity contribution in [3.8, 4) is 0 Å². The zero-order chi connectivity index (χ0) is 22.8. The predicted octanol–water partition coefficient (Wildman–Crippen LogP) is 2.70. The van der Waals surface area contributed by atoms with Crippen molar-refractivity contribution in [2.24, 2.45) is 17.8 Å². The Morgan fingerprint density at radius 3 is 2.42 bits per heavy atom. The molecule has 2 aliphatic rings. The molecule has 0 aromatic heterocycles. The van der Waals surface area contributed by atoms with Gasteiger partial charge in [0.05, 0.1) is 6.04 Å². The Hall–Kier alpha value is -2.12. The Labute approximate surface area is 185 Å². The highest BCUT2D eigenvalue weighted by Gasteiger charge is 2.31. The summed E-state index contributed by atoms with van der Waals surface area (Å²) >= 11 is 0. The van der Waals surface area contributed by atoms with Crippen LogP contribution in [0.25, 0.3) is 0 Å². The fraction of sp³-hybridized carbons (Fsp3) is 0.826. The fourth-order valence-corrected chi connectivity index (χ4v) is 4.59. The van der Waals surface area contributed by atoms with E-state index in [0.29, 0.717) is 25.7 Å². The van der Waals surface area contributed by atoms with Crippen LogP contribution in [0.3, 0.4) is 0 Å². The molecule has 1 saturated heterocycles. The molecule has 3 amide bonds. The Morgan fingerprint density at radius 2 is 1.87 bits per heavy atom. The van der Waals surface area contributed by atoms with Crippen LogP contribution in [-0.2, 0) is 19.1 Å². The Kier molecular flexibility index (Phi) is 10.3. The summed E-state index contributed by atoms with van der Waals surface area (Å²) in [7, 11) is 0. The molecule has 1 aliphatic carbocycles. The second kappa shape index (κ2) is 12.7. The average Bonchev–Trinajstić information content (AvgIpc) is 3.12. The van der Waals surface area contributed by atoms with Crippen molar-refractivity contribution in [3.05, 3.63) is 0 Å². The van der Waals surface area contributed by atoms with E-state index >= 15 is 0 Å². The third-order valence-corrected chi connectivity index (χ3v) is 6.27. The third kappa shape index (κ3) is 8.50. The molecule has 2 fully saturated rings. The lowest BCUT2D eigenvalue weighted by molar-refractivity contribution is -0.127. The molecule has 0 unspecified atom stereocenters. The molecule has 0 aromatic rings. The van der Waals surface area contributed by atoms with Gasteiger partial charge in [-0.1, -0.05) is 33.6 Å². The minimum absolute atomic E-state index is 0.0878. The third-order valence-electron chi connectivity index (χ3n) is 6.27. The monoisotopic (exact) mass is 437 g/mol. The number of hydrogen-bond acceptors (Lipinski definition) is 5. The Morgan fingerprint density at radius 1 is 1.16 bits per heavy atom. The van der Waals surface area contributed by atoms with Gasteiger partial charge in [-0.2, -0.15) is 0 Å². The van der Waals surface area contributed by atoms with Crippen LogP contribution < -0.4 is 16.0 Å². The molecule has 0 radical (unpaired) electrons. The van der Waals surface area contributed by atoms with Crippen LogP contribution in [0.15, 0.2) is 0 Å². The minimum atomic E-state index is -0.788. The number of amides is 3. The molecule has 1 heterocycles. The predicted molar refractivity (Wildman–Crippen MR) is 117 cm³/mol. The van der Waals surface area contributed by atoms with E-state index < -0.39 is 24.1 Å². The van der Waals surface area contributed by atoms with Crippen LogP contribution in [0.1, 0.15) is 78.6 Å². The molecule has 176 valence electrons.